The first-order valence-electron chi connectivity index (χ1n) is 9.58. The predicted octanol–water partition coefficient (Wildman–Crippen LogP) is 3.21. The molecule has 28 heavy (non-hydrogen) atoms. The quantitative estimate of drug-likeness (QED) is 0.646. The number of aromatic amines is 1. The lowest BCUT2D eigenvalue weighted by Crippen LogP contribution is -2.45. The van der Waals surface area contributed by atoms with Gasteiger partial charge in [-0.1, -0.05) is 6.07 Å². The lowest BCUT2D eigenvalue weighted by molar-refractivity contribution is 0.373. The number of hydrogen-bond donors (Lipinski definition) is 3. The number of anilines is 1. The molecule has 0 bridgehead atoms. The zero-order valence-corrected chi connectivity index (χ0v) is 16.5. The van der Waals surface area contributed by atoms with E-state index in [1.165, 1.54) is 0 Å². The number of nitrogens with one attached hydrogen (secondary N) is 2. The molecule has 0 amide bonds. The van der Waals surface area contributed by atoms with Crippen LogP contribution in [0.15, 0.2) is 42.7 Å². The number of aromatic nitrogens is 4. The Morgan fingerprint density at radius 2 is 2.00 bits per heavy atom. The van der Waals surface area contributed by atoms with E-state index in [-0.39, 0.29) is 11.3 Å². The number of nitrogens with zero attached hydrogens (tertiary/aromatic N) is 4. The summed E-state index contributed by atoms with van der Waals surface area (Å²) in [5.74, 6) is 1.05. The van der Waals surface area contributed by atoms with Gasteiger partial charge in [0.15, 0.2) is 5.82 Å². The van der Waals surface area contributed by atoms with Crippen molar-refractivity contribution >= 4 is 5.82 Å². The predicted molar refractivity (Wildman–Crippen MR) is 110 cm³/mol. The molecule has 1 saturated heterocycles. The van der Waals surface area contributed by atoms with Gasteiger partial charge < -0.3 is 15.3 Å². The summed E-state index contributed by atoms with van der Waals surface area (Å²) >= 11 is 0. The van der Waals surface area contributed by atoms with Gasteiger partial charge in [0.1, 0.15) is 5.75 Å². The zero-order valence-electron chi connectivity index (χ0n) is 16.5. The van der Waals surface area contributed by atoms with Crippen LogP contribution in [0.1, 0.15) is 27.2 Å². The molecule has 0 spiro atoms. The first-order chi connectivity index (χ1) is 13.4. The van der Waals surface area contributed by atoms with Crippen molar-refractivity contribution in [3.05, 3.63) is 42.7 Å². The van der Waals surface area contributed by atoms with Crippen LogP contribution in [0.25, 0.3) is 22.4 Å². The van der Waals surface area contributed by atoms with Gasteiger partial charge in [0, 0.05) is 42.0 Å². The summed E-state index contributed by atoms with van der Waals surface area (Å²) in [6, 6.07) is 9.88. The van der Waals surface area contributed by atoms with Crippen molar-refractivity contribution in [2.45, 2.75) is 38.8 Å². The average molecular weight is 378 g/mol. The van der Waals surface area contributed by atoms with Gasteiger partial charge in [-0.2, -0.15) is 5.10 Å². The number of aromatic hydroxyl groups is 1. The summed E-state index contributed by atoms with van der Waals surface area (Å²) in [6.07, 6.45) is 4.61. The first-order valence-corrected chi connectivity index (χ1v) is 9.58. The van der Waals surface area contributed by atoms with Gasteiger partial charge in [0.05, 0.1) is 11.9 Å². The van der Waals surface area contributed by atoms with Gasteiger partial charge in [0.2, 0.25) is 0 Å². The van der Waals surface area contributed by atoms with Gasteiger partial charge in [-0.3, -0.25) is 5.10 Å². The number of benzene rings is 1. The third kappa shape index (κ3) is 3.99. The molecule has 0 aliphatic carbocycles. The molecule has 2 aromatic heterocycles. The molecular formula is C21H26N6O. The number of phenols is 1. The highest BCUT2D eigenvalue weighted by molar-refractivity contribution is 5.73. The van der Waals surface area contributed by atoms with Crippen molar-refractivity contribution in [3.8, 4) is 28.1 Å². The maximum atomic E-state index is 10.5. The molecule has 3 aromatic rings. The molecule has 3 heterocycles. The summed E-state index contributed by atoms with van der Waals surface area (Å²) in [4.78, 5) is 2.25. The number of phenolic OH excluding ortho intramolecular Hbond substituents is 1. The van der Waals surface area contributed by atoms with E-state index in [4.69, 9.17) is 0 Å². The summed E-state index contributed by atoms with van der Waals surface area (Å²) < 4.78 is 0. The van der Waals surface area contributed by atoms with E-state index in [0.29, 0.717) is 17.3 Å². The molecule has 0 saturated carbocycles. The molecule has 0 radical (unpaired) electrons. The summed E-state index contributed by atoms with van der Waals surface area (Å²) in [6.45, 7) is 8.46. The van der Waals surface area contributed by atoms with Gasteiger partial charge in [0.25, 0.3) is 0 Å². The van der Waals surface area contributed by atoms with Crippen molar-refractivity contribution in [2.24, 2.45) is 0 Å². The third-order valence-corrected chi connectivity index (χ3v) is 4.91. The van der Waals surface area contributed by atoms with Crippen LogP contribution < -0.4 is 10.2 Å². The van der Waals surface area contributed by atoms with Gasteiger partial charge in [-0.05, 0) is 57.0 Å². The molecule has 1 aromatic carbocycles. The van der Waals surface area contributed by atoms with E-state index in [9.17, 15) is 5.11 Å². The molecule has 146 valence electrons. The molecular weight excluding hydrogens is 352 g/mol. The zero-order chi connectivity index (χ0) is 19.7. The first kappa shape index (κ1) is 18.4. The molecule has 1 atom stereocenters. The van der Waals surface area contributed by atoms with E-state index < -0.39 is 0 Å². The normalized spacial score (nSPS) is 17.2. The van der Waals surface area contributed by atoms with Gasteiger partial charge in [-0.15, -0.1) is 10.2 Å². The monoisotopic (exact) mass is 378 g/mol. The van der Waals surface area contributed by atoms with Gasteiger partial charge >= 0.3 is 0 Å². The van der Waals surface area contributed by atoms with Crippen LogP contribution in [0.2, 0.25) is 0 Å². The topological polar surface area (TPSA) is 90.0 Å². The molecule has 1 aliphatic rings. The van der Waals surface area contributed by atoms with E-state index in [0.717, 1.165) is 36.5 Å². The Hall–Kier alpha value is -2.93. The standard InChI is InChI=1S/C21H26N6O/c1-21(2,3)24-16-8-9-27(13-16)20-7-6-18(25-26-20)17-5-4-14(10-19(17)28)15-11-22-23-12-15/h4-7,10-12,16,24,28H,8-9,13H2,1-3H3,(H,22,23). The van der Waals surface area contributed by atoms with Crippen molar-refractivity contribution in [1.82, 2.24) is 25.7 Å². The fourth-order valence-electron chi connectivity index (χ4n) is 3.67. The van der Waals surface area contributed by atoms with Crippen LogP contribution >= 0.6 is 0 Å². The van der Waals surface area contributed by atoms with E-state index in [2.05, 4.69) is 51.4 Å². The van der Waals surface area contributed by atoms with Crippen LogP contribution in [-0.2, 0) is 0 Å². The Morgan fingerprint density at radius 1 is 1.14 bits per heavy atom. The second-order valence-electron chi connectivity index (χ2n) is 8.32. The summed E-state index contributed by atoms with van der Waals surface area (Å²) in [7, 11) is 0. The smallest absolute Gasteiger partial charge is 0.151 e. The second-order valence-corrected chi connectivity index (χ2v) is 8.32. The maximum absolute atomic E-state index is 10.5. The highest BCUT2D eigenvalue weighted by atomic mass is 16.3. The minimum Gasteiger partial charge on any atom is -0.507 e. The number of H-pyrrole nitrogens is 1. The summed E-state index contributed by atoms with van der Waals surface area (Å²) in [5, 5.41) is 29.6. The molecule has 4 rings (SSSR count). The van der Waals surface area contributed by atoms with Crippen molar-refractivity contribution in [1.29, 1.82) is 0 Å². The number of hydrogen-bond acceptors (Lipinski definition) is 6. The molecule has 1 unspecified atom stereocenters. The van der Waals surface area contributed by atoms with Crippen LogP contribution in [0.4, 0.5) is 5.82 Å². The van der Waals surface area contributed by atoms with E-state index in [1.54, 1.807) is 18.5 Å². The van der Waals surface area contributed by atoms with Crippen LogP contribution in [0.5, 0.6) is 5.75 Å². The Morgan fingerprint density at radius 3 is 2.64 bits per heavy atom. The highest BCUT2D eigenvalue weighted by Crippen LogP contribution is 2.32. The maximum Gasteiger partial charge on any atom is 0.151 e. The lowest BCUT2D eigenvalue weighted by atomic mass is 10.0. The lowest BCUT2D eigenvalue weighted by Gasteiger charge is -2.26. The van der Waals surface area contributed by atoms with Crippen molar-refractivity contribution in [3.63, 3.8) is 0 Å². The molecule has 3 N–H and O–H groups in total. The minimum absolute atomic E-state index is 0.108. The second kappa shape index (κ2) is 7.24. The number of rotatable bonds is 4. The van der Waals surface area contributed by atoms with Crippen molar-refractivity contribution in [2.75, 3.05) is 18.0 Å². The Kier molecular flexibility index (Phi) is 4.77. The van der Waals surface area contributed by atoms with E-state index in [1.807, 2.05) is 24.3 Å². The largest absolute Gasteiger partial charge is 0.507 e. The van der Waals surface area contributed by atoms with Gasteiger partial charge in [-0.25, -0.2) is 0 Å². The fraction of sp³-hybridized carbons (Fsp3) is 0.381. The SMILES string of the molecule is CC(C)(C)NC1CCN(c2ccc(-c3ccc(-c4cn[nH]c4)cc3O)nn2)C1. The third-order valence-electron chi connectivity index (χ3n) is 4.91. The van der Waals surface area contributed by atoms with Crippen LogP contribution in [-0.4, -0.2) is 50.2 Å². The highest BCUT2D eigenvalue weighted by Gasteiger charge is 2.26. The summed E-state index contributed by atoms with van der Waals surface area (Å²) in [5.41, 5.74) is 3.25. The van der Waals surface area contributed by atoms with E-state index >= 15 is 0 Å². The Balaban J connectivity index is 1.48. The van der Waals surface area contributed by atoms with Crippen LogP contribution in [0, 0.1) is 0 Å². The molecule has 7 heteroatoms. The Bertz CT molecular complexity index is 931. The Labute approximate surface area is 164 Å². The minimum atomic E-state index is 0.108. The fourth-order valence-corrected chi connectivity index (χ4v) is 3.67. The molecule has 1 fully saturated rings. The van der Waals surface area contributed by atoms with Crippen LogP contribution in [0.3, 0.4) is 0 Å². The average Bonchev–Trinajstić information content (AvgIpc) is 3.32. The molecule has 7 nitrogen and oxygen atoms in total. The van der Waals surface area contributed by atoms with Crippen molar-refractivity contribution < 1.29 is 5.11 Å². The molecule has 1 aliphatic heterocycles.